The van der Waals surface area contributed by atoms with Crippen LogP contribution in [-0.2, 0) is 11.3 Å². The van der Waals surface area contributed by atoms with E-state index in [1.807, 2.05) is 24.3 Å². The molecule has 3 aromatic rings. The molecule has 176 valence electrons. The number of hydrogen-bond acceptors (Lipinski definition) is 9. The molecule has 10 heteroatoms. The Labute approximate surface area is 202 Å². The van der Waals surface area contributed by atoms with Crippen molar-refractivity contribution in [3.8, 4) is 17.3 Å². The molecule has 0 radical (unpaired) electrons. The summed E-state index contributed by atoms with van der Waals surface area (Å²) >= 11 is 0. The second-order valence-corrected chi connectivity index (χ2v) is 8.25. The minimum atomic E-state index is -0.773. The highest BCUT2D eigenvalue weighted by molar-refractivity contribution is 5.72. The lowest BCUT2D eigenvalue weighted by Gasteiger charge is -2.16. The van der Waals surface area contributed by atoms with Crippen LogP contribution >= 0.6 is 0 Å². The third-order valence-corrected chi connectivity index (χ3v) is 5.98. The molecule has 2 unspecified atom stereocenters. The molecule has 0 aliphatic heterocycles. The van der Waals surface area contributed by atoms with Gasteiger partial charge >= 0.3 is 5.97 Å². The smallest absolute Gasteiger partial charge is 0.307 e. The van der Waals surface area contributed by atoms with Gasteiger partial charge in [0.2, 0.25) is 5.95 Å². The van der Waals surface area contributed by atoms with Crippen LogP contribution in [-0.4, -0.2) is 26.0 Å². The van der Waals surface area contributed by atoms with Crippen molar-refractivity contribution in [2.24, 2.45) is 11.0 Å². The average molecular weight is 469 g/mol. The first-order valence-corrected chi connectivity index (χ1v) is 11.1. The number of aromatic nitrogens is 3. The minimum Gasteiger partial charge on any atom is -0.481 e. The predicted octanol–water partition coefficient (Wildman–Crippen LogP) is 4.08. The van der Waals surface area contributed by atoms with E-state index >= 15 is 0 Å². The molecule has 2 heterocycles. The van der Waals surface area contributed by atoms with Gasteiger partial charge in [0, 0.05) is 23.4 Å². The molecule has 5 N–H and O–H groups in total. The van der Waals surface area contributed by atoms with Crippen LogP contribution in [0.25, 0.3) is 17.0 Å². The zero-order valence-corrected chi connectivity index (χ0v) is 18.8. The van der Waals surface area contributed by atoms with E-state index in [-0.39, 0.29) is 17.6 Å². The standard InChI is InChI=1S/C25H24N8O2/c26-12-15-4-1-5-16(10-15)21-11-22(32-25(27)31-21)23(33-28)14-29-13-17-6-2-9-20(30-17)18-7-3-8-19(18)24(34)35/h1-2,4-6,9-11,14,18-19,28-29H,3,7-8,13H2,(H,34,35)(H2,27,31,32)/b23-14-,33-28?. The van der Waals surface area contributed by atoms with Crippen molar-refractivity contribution < 1.29 is 9.90 Å². The Morgan fingerprint density at radius 1 is 1.23 bits per heavy atom. The molecule has 1 fully saturated rings. The molecule has 0 amide bonds. The quantitative estimate of drug-likeness (QED) is 0.358. The molecular formula is C25H24N8O2. The van der Waals surface area contributed by atoms with Crippen LogP contribution in [0.15, 0.2) is 59.8 Å². The highest BCUT2D eigenvalue weighted by Gasteiger charge is 2.34. The van der Waals surface area contributed by atoms with E-state index in [2.05, 4.69) is 31.5 Å². The van der Waals surface area contributed by atoms with Crippen molar-refractivity contribution in [3.05, 3.63) is 77.4 Å². The number of nitrogens with zero attached hydrogens (tertiary/aromatic N) is 5. The Balaban J connectivity index is 1.52. The number of pyridine rings is 1. The van der Waals surface area contributed by atoms with E-state index in [4.69, 9.17) is 16.5 Å². The van der Waals surface area contributed by atoms with Gasteiger partial charge in [-0.25, -0.2) is 15.5 Å². The Hall–Kier alpha value is -4.65. The number of hydrogen-bond donors (Lipinski definition) is 4. The molecule has 1 saturated carbocycles. The molecule has 2 aromatic heterocycles. The normalized spacial score (nSPS) is 17.5. The van der Waals surface area contributed by atoms with Gasteiger partial charge < -0.3 is 16.2 Å². The third-order valence-electron chi connectivity index (χ3n) is 5.98. The SMILES string of the molecule is N#Cc1cccc(-c2cc(/C(=C/NCc3cccc(C4CCCC4C(=O)O)n3)N=N)nc(N)n2)c1. The molecule has 2 atom stereocenters. The van der Waals surface area contributed by atoms with Crippen LogP contribution in [0, 0.1) is 22.8 Å². The zero-order chi connectivity index (χ0) is 24.8. The summed E-state index contributed by atoms with van der Waals surface area (Å²) in [5, 5.41) is 25.3. The lowest BCUT2D eigenvalue weighted by Crippen LogP contribution is -2.18. The van der Waals surface area contributed by atoms with Crippen molar-refractivity contribution in [2.45, 2.75) is 31.7 Å². The molecule has 4 rings (SSSR count). The van der Waals surface area contributed by atoms with E-state index in [0.717, 1.165) is 24.2 Å². The van der Waals surface area contributed by atoms with Gasteiger partial charge in [0.05, 0.1) is 41.2 Å². The largest absolute Gasteiger partial charge is 0.481 e. The van der Waals surface area contributed by atoms with Gasteiger partial charge in [-0.15, -0.1) is 0 Å². The number of carboxylic acids is 1. The van der Waals surface area contributed by atoms with Gasteiger partial charge in [-0.1, -0.05) is 24.6 Å². The van der Waals surface area contributed by atoms with Crippen LogP contribution < -0.4 is 11.1 Å². The molecule has 35 heavy (non-hydrogen) atoms. The Kier molecular flexibility index (Phi) is 7.07. The van der Waals surface area contributed by atoms with E-state index in [9.17, 15) is 9.90 Å². The van der Waals surface area contributed by atoms with Crippen molar-refractivity contribution in [3.63, 3.8) is 0 Å². The summed E-state index contributed by atoms with van der Waals surface area (Å²) in [5.41, 5.74) is 17.3. The first kappa shape index (κ1) is 23.5. The van der Waals surface area contributed by atoms with E-state index < -0.39 is 11.9 Å². The number of nitrogens with two attached hydrogens (primary N) is 1. The Bertz CT molecular complexity index is 1330. The number of carbonyl (C=O) groups is 1. The molecule has 10 nitrogen and oxygen atoms in total. The third kappa shape index (κ3) is 5.47. The number of rotatable bonds is 8. The van der Waals surface area contributed by atoms with Gasteiger partial charge in [-0.3, -0.25) is 9.78 Å². The van der Waals surface area contributed by atoms with Crippen LogP contribution in [0.3, 0.4) is 0 Å². The first-order chi connectivity index (χ1) is 17.0. The van der Waals surface area contributed by atoms with Crippen LogP contribution in [0.5, 0.6) is 0 Å². The predicted molar refractivity (Wildman–Crippen MR) is 129 cm³/mol. The number of benzene rings is 1. The summed E-state index contributed by atoms with van der Waals surface area (Å²) in [4.78, 5) is 24.7. The van der Waals surface area contributed by atoms with Gasteiger partial charge in [-0.05, 0) is 43.2 Å². The fourth-order valence-corrected chi connectivity index (χ4v) is 4.32. The maximum atomic E-state index is 11.5. The maximum absolute atomic E-state index is 11.5. The highest BCUT2D eigenvalue weighted by Crippen LogP contribution is 2.39. The van der Waals surface area contributed by atoms with E-state index in [1.54, 1.807) is 30.5 Å². The summed E-state index contributed by atoms with van der Waals surface area (Å²) in [6, 6.07) is 16.3. The summed E-state index contributed by atoms with van der Waals surface area (Å²) < 4.78 is 0. The fourth-order valence-electron chi connectivity index (χ4n) is 4.32. The molecule has 1 aliphatic rings. The van der Waals surface area contributed by atoms with E-state index in [1.165, 1.54) is 0 Å². The number of nitrogens with one attached hydrogen (secondary N) is 2. The molecule has 0 saturated heterocycles. The van der Waals surface area contributed by atoms with Crippen molar-refractivity contribution in [1.29, 1.82) is 10.8 Å². The van der Waals surface area contributed by atoms with Crippen molar-refractivity contribution >= 4 is 17.6 Å². The van der Waals surface area contributed by atoms with Gasteiger partial charge in [0.1, 0.15) is 5.70 Å². The Morgan fingerprint density at radius 3 is 2.83 bits per heavy atom. The molecular weight excluding hydrogens is 444 g/mol. The Morgan fingerprint density at radius 2 is 2.06 bits per heavy atom. The summed E-state index contributed by atoms with van der Waals surface area (Å²) in [5.74, 6) is -1.23. The lowest BCUT2D eigenvalue weighted by molar-refractivity contribution is -0.142. The van der Waals surface area contributed by atoms with Gasteiger partial charge in [0.15, 0.2) is 0 Å². The number of nitriles is 1. The molecule has 0 spiro atoms. The van der Waals surface area contributed by atoms with Crippen LogP contribution in [0.1, 0.15) is 47.8 Å². The van der Waals surface area contributed by atoms with Crippen LogP contribution in [0.2, 0.25) is 0 Å². The second kappa shape index (κ2) is 10.5. The van der Waals surface area contributed by atoms with Gasteiger partial charge in [0.25, 0.3) is 0 Å². The monoisotopic (exact) mass is 468 g/mol. The number of carboxylic acid groups (broad SMARTS) is 1. The minimum absolute atomic E-state index is 0.0216. The number of aliphatic carboxylic acids is 1. The van der Waals surface area contributed by atoms with Crippen LogP contribution in [0.4, 0.5) is 5.95 Å². The average Bonchev–Trinajstić information content (AvgIpc) is 3.37. The summed E-state index contributed by atoms with van der Waals surface area (Å²) in [6.07, 6.45) is 3.92. The topological polar surface area (TPSA) is 174 Å². The second-order valence-electron chi connectivity index (χ2n) is 8.25. The molecule has 0 bridgehead atoms. The maximum Gasteiger partial charge on any atom is 0.307 e. The fraction of sp³-hybridized carbons (Fsp3) is 0.240. The molecule has 1 aliphatic carbocycles. The number of nitrogen functional groups attached to an aromatic ring is 1. The highest BCUT2D eigenvalue weighted by atomic mass is 16.4. The lowest BCUT2D eigenvalue weighted by atomic mass is 9.92. The van der Waals surface area contributed by atoms with Crippen molar-refractivity contribution in [2.75, 3.05) is 5.73 Å². The van der Waals surface area contributed by atoms with Gasteiger partial charge in [-0.2, -0.15) is 10.4 Å². The summed E-state index contributed by atoms with van der Waals surface area (Å²) in [7, 11) is 0. The molecule has 1 aromatic carbocycles. The summed E-state index contributed by atoms with van der Waals surface area (Å²) in [6.45, 7) is 0.356. The zero-order valence-electron chi connectivity index (χ0n) is 18.8. The number of anilines is 1. The van der Waals surface area contributed by atoms with Crippen molar-refractivity contribution in [1.82, 2.24) is 20.3 Å². The first-order valence-electron chi connectivity index (χ1n) is 11.1. The van der Waals surface area contributed by atoms with E-state index in [0.29, 0.717) is 35.5 Å².